The second kappa shape index (κ2) is 6.47. The molecule has 0 atom stereocenters. The molecule has 5 nitrogen and oxygen atoms in total. The van der Waals surface area contributed by atoms with Crippen LogP contribution in [0.2, 0.25) is 0 Å². The molecular formula is C12H12F2N4OS. The summed E-state index contributed by atoms with van der Waals surface area (Å²) in [6, 6.07) is 2.97. The Kier molecular flexibility index (Phi) is 4.67. The highest BCUT2D eigenvalue weighted by molar-refractivity contribution is 7.99. The van der Waals surface area contributed by atoms with Gasteiger partial charge in [0.05, 0.1) is 11.4 Å². The van der Waals surface area contributed by atoms with Crippen molar-refractivity contribution in [2.45, 2.75) is 18.5 Å². The lowest BCUT2D eigenvalue weighted by Gasteiger charge is -2.05. The van der Waals surface area contributed by atoms with Gasteiger partial charge in [0, 0.05) is 12.5 Å². The van der Waals surface area contributed by atoms with Crippen LogP contribution < -0.4 is 5.32 Å². The summed E-state index contributed by atoms with van der Waals surface area (Å²) in [6.07, 6.45) is 0.723. The summed E-state index contributed by atoms with van der Waals surface area (Å²) in [5.74, 6) is -1.14. The molecule has 0 unspecified atom stereocenters. The van der Waals surface area contributed by atoms with E-state index in [0.29, 0.717) is 11.2 Å². The van der Waals surface area contributed by atoms with Gasteiger partial charge >= 0.3 is 0 Å². The van der Waals surface area contributed by atoms with Gasteiger partial charge < -0.3 is 5.32 Å². The van der Waals surface area contributed by atoms with Crippen molar-refractivity contribution in [1.29, 1.82) is 0 Å². The molecule has 20 heavy (non-hydrogen) atoms. The second-order valence-electron chi connectivity index (χ2n) is 3.88. The number of hydrogen-bond acceptors (Lipinski definition) is 4. The molecule has 0 radical (unpaired) electrons. The van der Waals surface area contributed by atoms with Gasteiger partial charge in [-0.2, -0.15) is 0 Å². The Balaban J connectivity index is 1.89. The Morgan fingerprint density at radius 2 is 2.25 bits per heavy atom. The summed E-state index contributed by atoms with van der Waals surface area (Å²) in [4.78, 5) is 15.8. The van der Waals surface area contributed by atoms with Gasteiger partial charge in [-0.15, -0.1) is 5.10 Å². The number of anilines is 1. The zero-order valence-corrected chi connectivity index (χ0v) is 11.4. The molecule has 1 aromatic carbocycles. The highest BCUT2D eigenvalue weighted by Gasteiger charge is 2.10. The molecular weight excluding hydrogens is 286 g/mol. The van der Waals surface area contributed by atoms with E-state index in [1.54, 1.807) is 0 Å². The van der Waals surface area contributed by atoms with E-state index in [4.69, 9.17) is 0 Å². The molecule has 1 heterocycles. The number of halogens is 2. The zero-order valence-electron chi connectivity index (χ0n) is 10.6. The van der Waals surface area contributed by atoms with Crippen LogP contribution in [0.25, 0.3) is 0 Å². The molecule has 0 spiro atoms. The molecule has 2 N–H and O–H groups in total. The Morgan fingerprint density at radius 1 is 1.45 bits per heavy atom. The van der Waals surface area contributed by atoms with Gasteiger partial charge in [0.1, 0.15) is 17.5 Å². The summed E-state index contributed by atoms with van der Waals surface area (Å²) in [6.45, 7) is 1.93. The zero-order chi connectivity index (χ0) is 14.5. The number of aromatic nitrogens is 3. The average Bonchev–Trinajstić information content (AvgIpc) is 2.88. The SMILES string of the molecule is CCc1nc(SCC(=O)Nc2ccc(F)cc2F)n[nH]1. The first-order valence-corrected chi connectivity index (χ1v) is 6.86. The molecule has 2 rings (SSSR count). The number of benzene rings is 1. The minimum Gasteiger partial charge on any atom is -0.323 e. The minimum absolute atomic E-state index is 0.0395. The van der Waals surface area contributed by atoms with Crippen molar-refractivity contribution in [2.75, 3.05) is 11.1 Å². The van der Waals surface area contributed by atoms with Crippen molar-refractivity contribution in [3.8, 4) is 0 Å². The van der Waals surface area contributed by atoms with Crippen LogP contribution in [-0.2, 0) is 11.2 Å². The maximum atomic E-state index is 13.3. The monoisotopic (exact) mass is 298 g/mol. The van der Waals surface area contributed by atoms with E-state index < -0.39 is 17.5 Å². The molecule has 2 aromatic rings. The first kappa shape index (κ1) is 14.4. The molecule has 1 aromatic heterocycles. The predicted octanol–water partition coefficient (Wildman–Crippen LogP) is 2.38. The van der Waals surface area contributed by atoms with E-state index in [1.165, 1.54) is 6.07 Å². The average molecular weight is 298 g/mol. The molecule has 0 fully saturated rings. The number of aryl methyl sites for hydroxylation is 1. The van der Waals surface area contributed by atoms with E-state index in [-0.39, 0.29) is 11.4 Å². The van der Waals surface area contributed by atoms with Gasteiger partial charge in [-0.25, -0.2) is 13.8 Å². The summed E-state index contributed by atoms with van der Waals surface area (Å²) in [5, 5.41) is 9.46. The summed E-state index contributed by atoms with van der Waals surface area (Å²) in [5.41, 5.74) is -0.0544. The number of nitrogens with one attached hydrogen (secondary N) is 2. The van der Waals surface area contributed by atoms with Crippen LogP contribution in [0, 0.1) is 11.6 Å². The minimum atomic E-state index is -0.811. The number of rotatable bonds is 5. The largest absolute Gasteiger partial charge is 0.323 e. The predicted molar refractivity (Wildman–Crippen MR) is 71.5 cm³/mol. The standard InChI is InChI=1S/C12H12F2N4OS/c1-2-10-16-12(18-17-10)20-6-11(19)15-9-4-3-7(13)5-8(9)14/h3-5H,2,6H2,1H3,(H,15,19)(H,16,17,18). The van der Waals surface area contributed by atoms with Crippen LogP contribution in [0.5, 0.6) is 0 Å². The Bertz CT molecular complexity index is 617. The van der Waals surface area contributed by atoms with E-state index in [0.717, 1.165) is 30.1 Å². The maximum absolute atomic E-state index is 13.3. The van der Waals surface area contributed by atoms with Gasteiger partial charge in [0.15, 0.2) is 0 Å². The van der Waals surface area contributed by atoms with Crippen molar-refractivity contribution < 1.29 is 13.6 Å². The fourth-order valence-corrected chi connectivity index (χ4v) is 2.02. The second-order valence-corrected chi connectivity index (χ2v) is 4.82. The maximum Gasteiger partial charge on any atom is 0.234 e. The van der Waals surface area contributed by atoms with Gasteiger partial charge in [-0.3, -0.25) is 9.89 Å². The smallest absolute Gasteiger partial charge is 0.234 e. The third kappa shape index (κ3) is 3.77. The molecule has 0 saturated heterocycles. The topological polar surface area (TPSA) is 70.7 Å². The Morgan fingerprint density at radius 3 is 2.90 bits per heavy atom. The number of hydrogen-bond donors (Lipinski definition) is 2. The molecule has 1 amide bonds. The fraction of sp³-hybridized carbons (Fsp3) is 0.250. The molecule has 0 saturated carbocycles. The summed E-state index contributed by atoms with van der Waals surface area (Å²) < 4.78 is 26.0. The summed E-state index contributed by atoms with van der Waals surface area (Å²) in [7, 11) is 0. The van der Waals surface area contributed by atoms with Crippen LogP contribution in [0.1, 0.15) is 12.7 Å². The molecule has 106 valence electrons. The first-order valence-electron chi connectivity index (χ1n) is 5.87. The van der Waals surface area contributed by atoms with Crippen LogP contribution in [0.3, 0.4) is 0 Å². The highest BCUT2D eigenvalue weighted by Crippen LogP contribution is 2.17. The number of amides is 1. The molecule has 0 aliphatic rings. The lowest BCUT2D eigenvalue weighted by atomic mass is 10.3. The number of H-pyrrole nitrogens is 1. The van der Waals surface area contributed by atoms with E-state index >= 15 is 0 Å². The number of nitrogens with zero attached hydrogens (tertiary/aromatic N) is 2. The number of carbonyl (C=O) groups excluding carboxylic acids is 1. The normalized spacial score (nSPS) is 10.6. The molecule has 0 aliphatic heterocycles. The number of thioether (sulfide) groups is 1. The van der Waals surface area contributed by atoms with Crippen molar-refractivity contribution in [1.82, 2.24) is 15.2 Å². The highest BCUT2D eigenvalue weighted by atomic mass is 32.2. The van der Waals surface area contributed by atoms with Gasteiger partial charge in [-0.1, -0.05) is 18.7 Å². The number of carbonyl (C=O) groups is 1. The quantitative estimate of drug-likeness (QED) is 0.831. The van der Waals surface area contributed by atoms with Crippen LogP contribution in [0.15, 0.2) is 23.4 Å². The Hall–Kier alpha value is -1.96. The van der Waals surface area contributed by atoms with Crippen molar-refractivity contribution in [3.05, 3.63) is 35.7 Å². The number of aromatic amines is 1. The van der Waals surface area contributed by atoms with E-state index in [2.05, 4.69) is 20.5 Å². The third-order valence-electron chi connectivity index (χ3n) is 2.38. The van der Waals surface area contributed by atoms with Crippen molar-refractivity contribution in [3.63, 3.8) is 0 Å². The Labute approximate surface area is 118 Å². The first-order chi connectivity index (χ1) is 9.58. The molecule has 0 aliphatic carbocycles. The third-order valence-corrected chi connectivity index (χ3v) is 3.23. The van der Waals surface area contributed by atoms with Crippen LogP contribution >= 0.6 is 11.8 Å². The van der Waals surface area contributed by atoms with Crippen LogP contribution in [-0.4, -0.2) is 26.8 Å². The molecule has 8 heteroatoms. The van der Waals surface area contributed by atoms with E-state index in [1.807, 2.05) is 6.92 Å². The van der Waals surface area contributed by atoms with Gasteiger partial charge in [0.2, 0.25) is 11.1 Å². The lowest BCUT2D eigenvalue weighted by molar-refractivity contribution is -0.113. The van der Waals surface area contributed by atoms with Crippen LogP contribution in [0.4, 0.5) is 14.5 Å². The summed E-state index contributed by atoms with van der Waals surface area (Å²) >= 11 is 1.13. The lowest BCUT2D eigenvalue weighted by Crippen LogP contribution is -2.15. The van der Waals surface area contributed by atoms with Crippen molar-refractivity contribution >= 4 is 23.4 Å². The van der Waals surface area contributed by atoms with E-state index in [9.17, 15) is 13.6 Å². The van der Waals surface area contributed by atoms with Crippen molar-refractivity contribution in [2.24, 2.45) is 0 Å². The van der Waals surface area contributed by atoms with Gasteiger partial charge in [-0.05, 0) is 12.1 Å². The molecule has 0 bridgehead atoms. The fourth-order valence-electron chi connectivity index (χ4n) is 1.41. The van der Waals surface area contributed by atoms with Gasteiger partial charge in [0.25, 0.3) is 0 Å².